The molecule has 1 atom stereocenters. The third kappa shape index (κ3) is 6.35. The standard InChI is InChI=1S/C27H33N7O4/c1-32-13-10-27(37,17-38-18-32)9-7-19-8-12-30-23(15-19)34-22-6-5-20(14-21(22)25(31-34)26(29)36)16-33(2)24(35)4-3-11-28/h5-6,8,12,14-15,37H,3-4,10-11,13,16-18,28H2,1-2H3,(H2,29,36)/t27-/m0/s1. The van der Waals surface area contributed by atoms with E-state index in [1.165, 1.54) is 0 Å². The van der Waals surface area contributed by atoms with Crippen LogP contribution in [-0.4, -0.2) is 87.6 Å². The molecule has 11 heteroatoms. The summed E-state index contributed by atoms with van der Waals surface area (Å²) in [5.41, 5.74) is 12.1. The molecule has 1 fully saturated rings. The number of aromatic nitrogens is 3. The van der Waals surface area contributed by atoms with E-state index in [2.05, 4.69) is 21.9 Å². The molecule has 0 saturated carbocycles. The van der Waals surface area contributed by atoms with Crippen molar-refractivity contribution in [2.24, 2.45) is 11.5 Å². The number of nitrogens with two attached hydrogens (primary N) is 2. The highest BCUT2D eigenvalue weighted by molar-refractivity contribution is 6.04. The van der Waals surface area contributed by atoms with E-state index in [-0.39, 0.29) is 18.2 Å². The number of carbonyl (C=O) groups is 2. The number of fused-ring (bicyclic) bond motifs is 1. The van der Waals surface area contributed by atoms with Crippen LogP contribution in [0.3, 0.4) is 0 Å². The van der Waals surface area contributed by atoms with Crippen molar-refractivity contribution in [2.45, 2.75) is 31.4 Å². The molecule has 2 amide bonds. The summed E-state index contributed by atoms with van der Waals surface area (Å²) in [6.07, 6.45) is 3.07. The van der Waals surface area contributed by atoms with E-state index >= 15 is 0 Å². The minimum absolute atomic E-state index is 0.00409. The Hall–Kier alpha value is -3.82. The van der Waals surface area contributed by atoms with Crippen LogP contribution >= 0.6 is 0 Å². The maximum atomic E-state index is 12.3. The predicted octanol–water partition coefficient (Wildman–Crippen LogP) is 0.609. The number of hydrogen-bond acceptors (Lipinski definition) is 8. The van der Waals surface area contributed by atoms with Crippen molar-refractivity contribution in [3.8, 4) is 17.7 Å². The van der Waals surface area contributed by atoms with E-state index in [0.717, 1.165) is 5.56 Å². The monoisotopic (exact) mass is 519 g/mol. The Morgan fingerprint density at radius 3 is 2.87 bits per heavy atom. The summed E-state index contributed by atoms with van der Waals surface area (Å²) in [6, 6.07) is 8.98. The highest BCUT2D eigenvalue weighted by Crippen LogP contribution is 2.24. The van der Waals surface area contributed by atoms with Crippen molar-refractivity contribution in [2.75, 3.05) is 40.5 Å². The van der Waals surface area contributed by atoms with Crippen molar-refractivity contribution < 1.29 is 19.4 Å². The zero-order valence-electron chi connectivity index (χ0n) is 21.7. The molecular weight excluding hydrogens is 486 g/mol. The van der Waals surface area contributed by atoms with E-state index in [1.807, 2.05) is 30.1 Å². The molecule has 38 heavy (non-hydrogen) atoms. The van der Waals surface area contributed by atoms with Gasteiger partial charge in [0.25, 0.3) is 5.91 Å². The van der Waals surface area contributed by atoms with Crippen LogP contribution in [0.2, 0.25) is 0 Å². The third-order valence-corrected chi connectivity index (χ3v) is 6.38. The number of hydrogen-bond donors (Lipinski definition) is 3. The molecule has 4 rings (SSSR count). The average Bonchev–Trinajstić information content (AvgIpc) is 3.20. The van der Waals surface area contributed by atoms with E-state index in [4.69, 9.17) is 16.2 Å². The highest BCUT2D eigenvalue weighted by atomic mass is 16.5. The number of primary amides is 1. The molecule has 0 radical (unpaired) electrons. The SMILES string of the molecule is CN1CC[C@@](O)(C#Cc2ccnc(-n3nc(C(N)=O)c4cc(CN(C)C(=O)CCCN)ccc43)c2)COC1. The Balaban J connectivity index is 1.63. The first-order valence-corrected chi connectivity index (χ1v) is 12.4. The fraction of sp³-hybridized carbons (Fsp3) is 0.407. The second-order valence-electron chi connectivity index (χ2n) is 9.61. The van der Waals surface area contributed by atoms with Gasteiger partial charge in [0, 0.05) is 50.1 Å². The fourth-order valence-corrected chi connectivity index (χ4v) is 4.21. The number of pyridine rings is 1. The van der Waals surface area contributed by atoms with Crippen LogP contribution in [-0.2, 0) is 16.1 Å². The number of aliphatic hydroxyl groups is 1. The Labute approximate surface area is 221 Å². The zero-order valence-corrected chi connectivity index (χ0v) is 21.7. The minimum atomic E-state index is -1.25. The van der Waals surface area contributed by atoms with Crippen molar-refractivity contribution in [3.63, 3.8) is 0 Å². The summed E-state index contributed by atoms with van der Waals surface area (Å²) in [4.78, 5) is 32.6. The molecule has 1 aliphatic rings. The second kappa shape index (κ2) is 11.7. The largest absolute Gasteiger partial charge is 0.375 e. The number of nitrogens with zero attached hydrogens (tertiary/aromatic N) is 5. The Kier molecular flexibility index (Phi) is 8.38. The first kappa shape index (κ1) is 27.2. The number of ether oxygens (including phenoxy) is 1. The number of rotatable bonds is 7. The van der Waals surface area contributed by atoms with Crippen LogP contribution in [0.4, 0.5) is 0 Å². The lowest BCUT2D eigenvalue weighted by Crippen LogP contribution is -2.32. The van der Waals surface area contributed by atoms with Crippen LogP contribution in [0.25, 0.3) is 16.7 Å². The lowest BCUT2D eigenvalue weighted by atomic mass is 10.0. The van der Waals surface area contributed by atoms with Gasteiger partial charge in [-0.2, -0.15) is 5.10 Å². The maximum Gasteiger partial charge on any atom is 0.269 e. The van der Waals surface area contributed by atoms with Crippen molar-refractivity contribution in [1.82, 2.24) is 24.6 Å². The summed E-state index contributed by atoms with van der Waals surface area (Å²) in [6.45, 7) is 2.07. The molecule has 0 aliphatic carbocycles. The summed E-state index contributed by atoms with van der Waals surface area (Å²) < 4.78 is 7.06. The zero-order chi connectivity index (χ0) is 27.3. The highest BCUT2D eigenvalue weighted by Gasteiger charge is 2.28. The Bertz CT molecular complexity index is 1390. The lowest BCUT2D eigenvalue weighted by molar-refractivity contribution is -0.130. The van der Waals surface area contributed by atoms with Crippen molar-refractivity contribution in [3.05, 3.63) is 53.3 Å². The normalized spacial score (nSPS) is 18.0. The van der Waals surface area contributed by atoms with Crippen LogP contribution < -0.4 is 11.5 Å². The molecule has 1 aromatic carbocycles. The number of amides is 2. The van der Waals surface area contributed by atoms with Crippen LogP contribution in [0.1, 0.15) is 40.9 Å². The van der Waals surface area contributed by atoms with Gasteiger partial charge in [0.15, 0.2) is 11.5 Å². The first-order valence-electron chi connectivity index (χ1n) is 12.4. The molecule has 1 saturated heterocycles. The Morgan fingerprint density at radius 2 is 2.11 bits per heavy atom. The molecule has 11 nitrogen and oxygen atoms in total. The summed E-state index contributed by atoms with van der Waals surface area (Å²) in [7, 11) is 3.65. The molecule has 5 N–H and O–H groups in total. The van der Waals surface area contributed by atoms with E-state index in [0.29, 0.717) is 67.9 Å². The lowest BCUT2D eigenvalue weighted by Gasteiger charge is -2.18. The van der Waals surface area contributed by atoms with E-state index < -0.39 is 11.5 Å². The van der Waals surface area contributed by atoms with E-state index in [1.54, 1.807) is 35.0 Å². The summed E-state index contributed by atoms with van der Waals surface area (Å²) in [5.74, 6) is 5.74. The molecule has 200 valence electrons. The average molecular weight is 520 g/mol. The van der Waals surface area contributed by atoms with Crippen molar-refractivity contribution in [1.29, 1.82) is 0 Å². The minimum Gasteiger partial charge on any atom is -0.375 e. The molecule has 3 heterocycles. The van der Waals surface area contributed by atoms with Gasteiger partial charge in [-0.15, -0.1) is 0 Å². The van der Waals surface area contributed by atoms with Crippen LogP contribution in [0, 0.1) is 11.8 Å². The molecule has 3 aromatic rings. The topological polar surface area (TPSA) is 153 Å². The molecular formula is C27H33N7O4. The van der Waals surface area contributed by atoms with Gasteiger partial charge in [0.05, 0.1) is 18.9 Å². The second-order valence-corrected chi connectivity index (χ2v) is 9.61. The first-order chi connectivity index (χ1) is 18.2. The maximum absolute atomic E-state index is 12.3. The molecule has 0 bridgehead atoms. The van der Waals surface area contributed by atoms with Gasteiger partial charge in [0.2, 0.25) is 5.91 Å². The van der Waals surface area contributed by atoms with Gasteiger partial charge in [-0.1, -0.05) is 17.9 Å². The molecule has 0 unspecified atom stereocenters. The number of benzene rings is 1. The predicted molar refractivity (Wildman–Crippen MR) is 142 cm³/mol. The Morgan fingerprint density at radius 1 is 1.29 bits per heavy atom. The smallest absolute Gasteiger partial charge is 0.269 e. The number of carbonyl (C=O) groups excluding carboxylic acids is 2. The van der Waals surface area contributed by atoms with Gasteiger partial charge < -0.3 is 26.2 Å². The third-order valence-electron chi connectivity index (χ3n) is 6.38. The van der Waals surface area contributed by atoms with Gasteiger partial charge >= 0.3 is 0 Å². The van der Waals surface area contributed by atoms with Crippen LogP contribution in [0.15, 0.2) is 36.5 Å². The fourth-order valence-electron chi connectivity index (χ4n) is 4.21. The van der Waals surface area contributed by atoms with Gasteiger partial charge in [-0.25, -0.2) is 9.67 Å². The van der Waals surface area contributed by atoms with Crippen molar-refractivity contribution >= 4 is 22.7 Å². The quantitative estimate of drug-likeness (QED) is 0.384. The molecule has 0 spiro atoms. The summed E-state index contributed by atoms with van der Waals surface area (Å²) >= 11 is 0. The van der Waals surface area contributed by atoms with Gasteiger partial charge in [-0.3, -0.25) is 14.5 Å². The van der Waals surface area contributed by atoms with Crippen LogP contribution in [0.5, 0.6) is 0 Å². The molecule has 2 aromatic heterocycles. The van der Waals surface area contributed by atoms with Gasteiger partial charge in [-0.05, 0) is 49.8 Å². The molecule has 1 aliphatic heterocycles. The van der Waals surface area contributed by atoms with E-state index in [9.17, 15) is 14.7 Å². The summed E-state index contributed by atoms with van der Waals surface area (Å²) in [5, 5.41) is 15.9. The van der Waals surface area contributed by atoms with Gasteiger partial charge in [0.1, 0.15) is 5.60 Å².